The molecular weight excluding hydrogens is 372 g/mol. The van der Waals surface area contributed by atoms with Crippen LogP contribution in [0.1, 0.15) is 25.2 Å². The lowest BCUT2D eigenvalue weighted by molar-refractivity contribution is 0.395. The van der Waals surface area contributed by atoms with E-state index in [0.29, 0.717) is 0 Å². The van der Waals surface area contributed by atoms with E-state index in [2.05, 4.69) is 56.3 Å². The quantitative estimate of drug-likeness (QED) is 0.393. The summed E-state index contributed by atoms with van der Waals surface area (Å²) in [6.07, 6.45) is 1.58. The molecule has 0 aliphatic rings. The number of rotatable bonds is 6. The molecule has 30 heavy (non-hydrogen) atoms. The van der Waals surface area contributed by atoms with Crippen molar-refractivity contribution in [1.29, 1.82) is 0 Å². The Labute approximate surface area is 177 Å². The number of methoxy groups -OCH3 is 2. The third kappa shape index (κ3) is 3.61. The molecule has 0 aliphatic carbocycles. The van der Waals surface area contributed by atoms with Crippen LogP contribution in [-0.4, -0.2) is 24.2 Å². The van der Waals surface area contributed by atoms with Crippen LogP contribution in [0.4, 0.5) is 0 Å². The Balaban J connectivity index is 1.89. The molecule has 0 amide bonds. The van der Waals surface area contributed by atoms with Crippen LogP contribution in [0.3, 0.4) is 0 Å². The fourth-order valence-electron chi connectivity index (χ4n) is 3.78. The Morgan fingerprint density at radius 2 is 1.40 bits per heavy atom. The van der Waals surface area contributed by atoms with Gasteiger partial charge >= 0.3 is 0 Å². The summed E-state index contributed by atoms with van der Waals surface area (Å²) in [7, 11) is 3.32. The zero-order valence-corrected chi connectivity index (χ0v) is 17.9. The van der Waals surface area contributed by atoms with Crippen molar-refractivity contribution in [1.82, 2.24) is 9.97 Å². The van der Waals surface area contributed by atoms with Gasteiger partial charge in [-0.05, 0) is 41.8 Å². The second-order valence-corrected chi connectivity index (χ2v) is 7.15. The van der Waals surface area contributed by atoms with Gasteiger partial charge in [-0.15, -0.1) is 0 Å². The highest BCUT2D eigenvalue weighted by Gasteiger charge is 2.18. The molecule has 0 saturated carbocycles. The Kier molecular flexibility index (Phi) is 5.66. The van der Waals surface area contributed by atoms with E-state index in [1.165, 1.54) is 10.8 Å². The molecule has 4 rings (SSSR count). The van der Waals surface area contributed by atoms with Gasteiger partial charge in [-0.3, -0.25) is 0 Å². The molecule has 1 heterocycles. The largest absolute Gasteiger partial charge is 0.497 e. The van der Waals surface area contributed by atoms with Gasteiger partial charge in [0.2, 0.25) is 0 Å². The summed E-state index contributed by atoms with van der Waals surface area (Å²) in [4.78, 5) is 10.2. The van der Waals surface area contributed by atoms with Crippen molar-refractivity contribution in [2.45, 2.75) is 26.7 Å². The number of ether oxygens (including phenoxy) is 2. The normalized spacial score (nSPS) is 10.9. The maximum atomic E-state index is 5.63. The molecule has 1 aromatic heterocycles. The van der Waals surface area contributed by atoms with E-state index in [9.17, 15) is 0 Å². The number of hydrogen-bond acceptors (Lipinski definition) is 4. The van der Waals surface area contributed by atoms with Gasteiger partial charge in [-0.2, -0.15) is 0 Å². The summed E-state index contributed by atoms with van der Waals surface area (Å²) in [5.74, 6) is 1.49. The molecule has 0 atom stereocenters. The number of aromatic nitrogens is 2. The Bertz CT molecular complexity index is 1200. The summed E-state index contributed by atoms with van der Waals surface area (Å²) in [6.45, 7) is 4.23. The summed E-state index contributed by atoms with van der Waals surface area (Å²) in [5.41, 5.74) is 5.80. The molecule has 3 aromatic carbocycles. The molecule has 0 radical (unpaired) electrons. The zero-order valence-electron chi connectivity index (χ0n) is 17.9. The molecule has 0 saturated heterocycles. The predicted octanol–water partition coefficient (Wildman–Crippen LogP) is 6.11. The van der Waals surface area contributed by atoms with Crippen molar-refractivity contribution in [3.8, 4) is 34.0 Å². The monoisotopic (exact) mass is 398 g/mol. The van der Waals surface area contributed by atoms with Gasteiger partial charge in [0.25, 0.3) is 0 Å². The smallest absolute Gasteiger partial charge is 0.132 e. The standard InChI is InChI=1S/C26H26N2O2/c1-5-22-25(19-12-11-17-9-7-8-10-18(17)15-19)27-23(6-2)26(28-22)21-14-13-20(29-3)16-24(21)30-4/h7-16H,5-6H2,1-4H3. The van der Waals surface area contributed by atoms with Gasteiger partial charge in [0, 0.05) is 17.2 Å². The first-order chi connectivity index (χ1) is 14.7. The van der Waals surface area contributed by atoms with Gasteiger partial charge in [-0.25, -0.2) is 9.97 Å². The average Bonchev–Trinajstić information content (AvgIpc) is 2.82. The molecule has 0 unspecified atom stereocenters. The van der Waals surface area contributed by atoms with Gasteiger partial charge in [-0.1, -0.05) is 50.2 Å². The molecule has 0 aliphatic heterocycles. The fourth-order valence-corrected chi connectivity index (χ4v) is 3.78. The van der Waals surface area contributed by atoms with Crippen molar-refractivity contribution in [2.75, 3.05) is 14.2 Å². The van der Waals surface area contributed by atoms with Crippen molar-refractivity contribution in [3.05, 3.63) is 72.1 Å². The highest BCUT2D eigenvalue weighted by molar-refractivity contribution is 5.87. The van der Waals surface area contributed by atoms with E-state index >= 15 is 0 Å². The molecule has 4 nitrogen and oxygen atoms in total. The zero-order chi connectivity index (χ0) is 21.1. The lowest BCUT2D eigenvalue weighted by Gasteiger charge is -2.16. The van der Waals surface area contributed by atoms with E-state index in [1.54, 1.807) is 14.2 Å². The van der Waals surface area contributed by atoms with E-state index < -0.39 is 0 Å². The number of fused-ring (bicyclic) bond motifs is 1. The predicted molar refractivity (Wildman–Crippen MR) is 122 cm³/mol. The van der Waals surface area contributed by atoms with Crippen LogP contribution in [0.15, 0.2) is 60.7 Å². The Hall–Kier alpha value is -3.40. The van der Waals surface area contributed by atoms with E-state index in [4.69, 9.17) is 19.4 Å². The van der Waals surface area contributed by atoms with Crippen molar-refractivity contribution < 1.29 is 9.47 Å². The van der Waals surface area contributed by atoms with Crippen LogP contribution >= 0.6 is 0 Å². The van der Waals surface area contributed by atoms with Crippen LogP contribution in [0, 0.1) is 0 Å². The van der Waals surface area contributed by atoms with Gasteiger partial charge in [0.05, 0.1) is 37.0 Å². The van der Waals surface area contributed by atoms with E-state index in [-0.39, 0.29) is 0 Å². The van der Waals surface area contributed by atoms with Crippen molar-refractivity contribution in [2.24, 2.45) is 0 Å². The SMILES string of the molecule is CCc1nc(-c2ccc(OC)cc2OC)c(CC)nc1-c1ccc2ccccc2c1. The summed E-state index contributed by atoms with van der Waals surface area (Å²) in [5, 5.41) is 2.43. The fraction of sp³-hybridized carbons (Fsp3) is 0.231. The molecule has 0 bridgehead atoms. The molecule has 4 aromatic rings. The third-order valence-electron chi connectivity index (χ3n) is 5.40. The minimum Gasteiger partial charge on any atom is -0.497 e. The second kappa shape index (κ2) is 8.54. The summed E-state index contributed by atoms with van der Waals surface area (Å²) in [6, 6.07) is 20.7. The van der Waals surface area contributed by atoms with Crippen LogP contribution in [0.25, 0.3) is 33.3 Å². The Morgan fingerprint density at radius 3 is 2.10 bits per heavy atom. The van der Waals surface area contributed by atoms with Crippen LogP contribution in [-0.2, 0) is 12.8 Å². The van der Waals surface area contributed by atoms with Crippen molar-refractivity contribution in [3.63, 3.8) is 0 Å². The first-order valence-corrected chi connectivity index (χ1v) is 10.3. The molecule has 0 spiro atoms. The topological polar surface area (TPSA) is 44.2 Å². The lowest BCUT2D eigenvalue weighted by Crippen LogP contribution is -2.05. The minimum atomic E-state index is 0.735. The van der Waals surface area contributed by atoms with Crippen LogP contribution in [0.5, 0.6) is 11.5 Å². The van der Waals surface area contributed by atoms with E-state index in [0.717, 1.165) is 58.2 Å². The summed E-state index contributed by atoms with van der Waals surface area (Å²) < 4.78 is 11.0. The molecule has 152 valence electrons. The molecule has 0 fully saturated rings. The number of nitrogens with zero attached hydrogens (tertiary/aromatic N) is 2. The Morgan fingerprint density at radius 1 is 0.700 bits per heavy atom. The minimum absolute atomic E-state index is 0.735. The molecule has 4 heteroatoms. The first kappa shape index (κ1) is 19.9. The van der Waals surface area contributed by atoms with Gasteiger partial charge in [0.15, 0.2) is 0 Å². The van der Waals surface area contributed by atoms with Gasteiger partial charge < -0.3 is 9.47 Å². The third-order valence-corrected chi connectivity index (χ3v) is 5.40. The maximum absolute atomic E-state index is 5.63. The van der Waals surface area contributed by atoms with Crippen molar-refractivity contribution >= 4 is 10.8 Å². The lowest BCUT2D eigenvalue weighted by atomic mass is 10.0. The average molecular weight is 399 g/mol. The maximum Gasteiger partial charge on any atom is 0.132 e. The molecular formula is C26H26N2O2. The number of hydrogen-bond donors (Lipinski definition) is 0. The highest BCUT2D eigenvalue weighted by Crippen LogP contribution is 2.36. The second-order valence-electron chi connectivity index (χ2n) is 7.15. The number of aryl methyl sites for hydroxylation is 2. The van der Waals surface area contributed by atoms with Crippen LogP contribution < -0.4 is 9.47 Å². The highest BCUT2D eigenvalue weighted by atomic mass is 16.5. The molecule has 0 N–H and O–H groups in total. The number of benzene rings is 3. The summed E-state index contributed by atoms with van der Waals surface area (Å²) >= 11 is 0. The van der Waals surface area contributed by atoms with E-state index in [1.807, 2.05) is 18.2 Å². The van der Waals surface area contributed by atoms with Gasteiger partial charge in [0.1, 0.15) is 11.5 Å². The first-order valence-electron chi connectivity index (χ1n) is 10.3. The van der Waals surface area contributed by atoms with Crippen LogP contribution in [0.2, 0.25) is 0 Å².